The lowest BCUT2D eigenvalue weighted by Crippen LogP contribution is -2.25. The van der Waals surface area contributed by atoms with Crippen molar-refractivity contribution >= 4 is 17.8 Å². The Morgan fingerprint density at radius 1 is 1.25 bits per heavy atom. The minimum atomic E-state index is -0.254. The maximum atomic E-state index is 11.7. The molecule has 3 N–H and O–H groups in total. The first kappa shape index (κ1) is 17.3. The lowest BCUT2D eigenvalue weighted by Gasteiger charge is -2.06. The van der Waals surface area contributed by atoms with Crippen molar-refractivity contribution in [2.75, 3.05) is 18.5 Å². The van der Waals surface area contributed by atoms with E-state index in [1.165, 1.54) is 12.3 Å². The minimum Gasteiger partial charge on any atom is -0.504 e. The van der Waals surface area contributed by atoms with Gasteiger partial charge in [-0.05, 0) is 49.7 Å². The zero-order chi connectivity index (χ0) is 17.4. The van der Waals surface area contributed by atoms with Crippen molar-refractivity contribution in [1.29, 1.82) is 0 Å². The predicted molar refractivity (Wildman–Crippen MR) is 94.7 cm³/mol. The molecule has 2 rings (SSSR count). The number of aryl methyl sites for hydroxylation is 1. The summed E-state index contributed by atoms with van der Waals surface area (Å²) in [5.41, 5.74) is 5.19. The molecule has 0 saturated carbocycles. The molecule has 0 spiro atoms. The van der Waals surface area contributed by atoms with Gasteiger partial charge < -0.3 is 15.2 Å². The lowest BCUT2D eigenvalue weighted by molar-refractivity contribution is -0.119. The Morgan fingerprint density at radius 3 is 2.71 bits per heavy atom. The number of amides is 1. The summed E-state index contributed by atoms with van der Waals surface area (Å²) in [7, 11) is 0. The molecule has 0 fully saturated rings. The van der Waals surface area contributed by atoms with Gasteiger partial charge in [0.2, 0.25) is 0 Å². The van der Waals surface area contributed by atoms with Crippen LogP contribution in [0.25, 0.3) is 0 Å². The fourth-order valence-corrected chi connectivity index (χ4v) is 1.95. The van der Waals surface area contributed by atoms with Crippen LogP contribution in [0.4, 0.5) is 5.69 Å². The van der Waals surface area contributed by atoms with Crippen molar-refractivity contribution in [3.05, 3.63) is 53.6 Å². The summed E-state index contributed by atoms with van der Waals surface area (Å²) in [5, 5.41) is 16.5. The summed E-state index contributed by atoms with van der Waals surface area (Å²) in [6, 6.07) is 12.6. The van der Waals surface area contributed by atoms with Gasteiger partial charge in [0, 0.05) is 5.69 Å². The smallest absolute Gasteiger partial charge is 0.259 e. The van der Waals surface area contributed by atoms with Gasteiger partial charge in [-0.2, -0.15) is 5.10 Å². The maximum Gasteiger partial charge on any atom is 0.259 e. The molecule has 6 heteroatoms. The number of carbonyl (C=O) groups is 1. The average Bonchev–Trinajstić information content (AvgIpc) is 2.57. The molecular weight excluding hydrogens is 306 g/mol. The van der Waals surface area contributed by atoms with Crippen LogP contribution in [-0.4, -0.2) is 30.4 Å². The molecule has 0 saturated heterocycles. The number of hydrazone groups is 1. The molecule has 0 unspecified atom stereocenters. The van der Waals surface area contributed by atoms with E-state index in [0.29, 0.717) is 17.9 Å². The van der Waals surface area contributed by atoms with Crippen LogP contribution in [0.15, 0.2) is 47.6 Å². The summed E-state index contributed by atoms with van der Waals surface area (Å²) in [4.78, 5) is 11.7. The Hall–Kier alpha value is -3.02. The van der Waals surface area contributed by atoms with Gasteiger partial charge in [0.25, 0.3) is 5.91 Å². The monoisotopic (exact) mass is 327 g/mol. The van der Waals surface area contributed by atoms with Crippen molar-refractivity contribution in [2.24, 2.45) is 5.10 Å². The van der Waals surface area contributed by atoms with Crippen LogP contribution in [0.3, 0.4) is 0 Å². The number of phenolic OH excluding ortho intramolecular Hbond substituents is 1. The molecule has 126 valence electrons. The van der Waals surface area contributed by atoms with Gasteiger partial charge in [-0.3, -0.25) is 4.79 Å². The first-order chi connectivity index (χ1) is 11.6. The molecule has 6 nitrogen and oxygen atoms in total. The highest BCUT2D eigenvalue weighted by molar-refractivity contribution is 5.84. The van der Waals surface area contributed by atoms with Crippen molar-refractivity contribution in [2.45, 2.75) is 13.8 Å². The molecule has 0 aliphatic carbocycles. The molecule has 24 heavy (non-hydrogen) atoms. The van der Waals surface area contributed by atoms with Crippen molar-refractivity contribution < 1.29 is 14.6 Å². The predicted octanol–water partition coefficient (Wildman–Crippen LogP) is 2.66. The van der Waals surface area contributed by atoms with Crippen LogP contribution < -0.4 is 15.5 Å². The number of rotatable bonds is 7. The highest BCUT2D eigenvalue weighted by atomic mass is 16.5. The summed E-state index contributed by atoms with van der Waals surface area (Å²) in [6.07, 6.45) is 1.49. The molecule has 0 aromatic heterocycles. The highest BCUT2D eigenvalue weighted by Gasteiger charge is 2.03. The van der Waals surface area contributed by atoms with Crippen LogP contribution in [0.2, 0.25) is 0 Å². The number of ether oxygens (including phenoxy) is 1. The number of nitrogens with one attached hydrogen (secondary N) is 2. The fraction of sp³-hybridized carbons (Fsp3) is 0.222. The van der Waals surface area contributed by atoms with Gasteiger partial charge in [-0.1, -0.05) is 17.7 Å². The van der Waals surface area contributed by atoms with E-state index in [1.807, 2.05) is 38.1 Å². The van der Waals surface area contributed by atoms with Gasteiger partial charge in [0.15, 0.2) is 11.5 Å². The highest BCUT2D eigenvalue weighted by Crippen LogP contribution is 2.26. The SMILES string of the molecule is CCOc1cc(C=NNC(=O)CNc2ccc(C)cc2)ccc1O. The van der Waals surface area contributed by atoms with Crippen LogP contribution >= 0.6 is 0 Å². The second-order valence-corrected chi connectivity index (χ2v) is 5.17. The number of nitrogens with zero attached hydrogens (tertiary/aromatic N) is 1. The van der Waals surface area contributed by atoms with Crippen molar-refractivity contribution in [3.8, 4) is 11.5 Å². The van der Waals surface area contributed by atoms with E-state index < -0.39 is 0 Å². The van der Waals surface area contributed by atoms with Crippen LogP contribution in [-0.2, 0) is 4.79 Å². The van der Waals surface area contributed by atoms with E-state index in [9.17, 15) is 9.90 Å². The first-order valence-electron chi connectivity index (χ1n) is 7.66. The number of phenols is 1. The van der Waals surface area contributed by atoms with Gasteiger partial charge >= 0.3 is 0 Å². The fourth-order valence-electron chi connectivity index (χ4n) is 1.95. The Bertz CT molecular complexity index is 712. The molecule has 0 aliphatic heterocycles. The molecule has 2 aromatic carbocycles. The standard InChI is InChI=1S/C18H21N3O3/c1-3-24-17-10-14(6-9-16(17)22)11-20-21-18(23)12-19-15-7-4-13(2)5-8-15/h4-11,19,22H,3,12H2,1-2H3,(H,21,23). The minimum absolute atomic E-state index is 0.0698. The Labute approximate surface area is 141 Å². The average molecular weight is 327 g/mol. The van der Waals surface area contributed by atoms with Gasteiger partial charge in [-0.15, -0.1) is 0 Å². The third kappa shape index (κ3) is 5.31. The molecule has 0 radical (unpaired) electrons. The number of carbonyl (C=O) groups excluding carboxylic acids is 1. The Morgan fingerprint density at radius 2 is 2.00 bits per heavy atom. The van der Waals surface area contributed by atoms with Crippen molar-refractivity contribution in [3.63, 3.8) is 0 Å². The molecular formula is C18H21N3O3. The normalized spacial score (nSPS) is 10.6. The van der Waals surface area contributed by atoms with Gasteiger partial charge in [0.1, 0.15) is 0 Å². The third-order valence-corrected chi connectivity index (χ3v) is 3.19. The molecule has 0 aliphatic rings. The molecule has 0 heterocycles. The van der Waals surface area contributed by atoms with E-state index in [4.69, 9.17) is 4.74 Å². The quantitative estimate of drug-likeness (QED) is 0.539. The maximum absolute atomic E-state index is 11.7. The Kier molecular flexibility index (Phi) is 6.19. The number of hydrogen-bond donors (Lipinski definition) is 3. The molecule has 0 atom stereocenters. The molecule has 0 bridgehead atoms. The number of hydrogen-bond acceptors (Lipinski definition) is 5. The van der Waals surface area contributed by atoms with Gasteiger partial charge in [0.05, 0.1) is 19.4 Å². The second-order valence-electron chi connectivity index (χ2n) is 5.17. The third-order valence-electron chi connectivity index (χ3n) is 3.19. The number of anilines is 1. The first-order valence-corrected chi connectivity index (χ1v) is 7.66. The lowest BCUT2D eigenvalue weighted by atomic mass is 10.2. The topological polar surface area (TPSA) is 83.0 Å². The number of aromatic hydroxyl groups is 1. The van der Waals surface area contributed by atoms with E-state index in [0.717, 1.165) is 11.3 Å². The van der Waals surface area contributed by atoms with E-state index in [1.54, 1.807) is 12.1 Å². The van der Waals surface area contributed by atoms with Gasteiger partial charge in [-0.25, -0.2) is 5.43 Å². The summed E-state index contributed by atoms with van der Waals surface area (Å²) in [6.45, 7) is 4.42. The van der Waals surface area contributed by atoms with E-state index >= 15 is 0 Å². The summed E-state index contributed by atoms with van der Waals surface area (Å²) in [5.74, 6) is 0.199. The Balaban J connectivity index is 1.83. The number of benzene rings is 2. The van der Waals surface area contributed by atoms with Crippen LogP contribution in [0.5, 0.6) is 11.5 Å². The summed E-state index contributed by atoms with van der Waals surface area (Å²) >= 11 is 0. The molecule has 2 aromatic rings. The van der Waals surface area contributed by atoms with E-state index in [-0.39, 0.29) is 18.2 Å². The zero-order valence-corrected chi connectivity index (χ0v) is 13.7. The van der Waals surface area contributed by atoms with E-state index in [2.05, 4.69) is 15.8 Å². The molecule has 1 amide bonds. The zero-order valence-electron chi connectivity index (χ0n) is 13.7. The largest absolute Gasteiger partial charge is 0.504 e. The van der Waals surface area contributed by atoms with Crippen LogP contribution in [0.1, 0.15) is 18.1 Å². The van der Waals surface area contributed by atoms with Crippen LogP contribution in [0, 0.1) is 6.92 Å². The second kappa shape index (κ2) is 8.57. The summed E-state index contributed by atoms with van der Waals surface area (Å²) < 4.78 is 5.29. The van der Waals surface area contributed by atoms with Crippen molar-refractivity contribution in [1.82, 2.24) is 5.43 Å².